The second-order valence-electron chi connectivity index (χ2n) is 11.7. The van der Waals surface area contributed by atoms with Crippen molar-refractivity contribution in [1.29, 1.82) is 0 Å². The zero-order chi connectivity index (χ0) is 33.9. The lowest BCUT2D eigenvalue weighted by Crippen LogP contribution is -2.39. The minimum Gasteiger partial charge on any atom is -0.442 e. The molecule has 0 saturated heterocycles. The maximum Gasteiger partial charge on any atom is 0.493 e. The molecule has 5 aromatic rings. The molecule has 8 nitrogen and oxygen atoms in total. The fourth-order valence-corrected chi connectivity index (χ4v) is 5.55. The molecule has 5 aromatic carbocycles. The first-order chi connectivity index (χ1) is 23.0. The number of amides is 2. The molecule has 1 saturated carbocycles. The molecular weight excluding hydrogens is 623 g/mol. The van der Waals surface area contributed by atoms with E-state index in [2.05, 4.69) is 40.5 Å². The van der Waals surface area contributed by atoms with Gasteiger partial charge in [-0.25, -0.2) is 9.59 Å². The minimum atomic E-state index is -5.37. The molecule has 6 rings (SSSR count). The van der Waals surface area contributed by atoms with Crippen LogP contribution in [-0.2, 0) is 27.4 Å². The molecule has 48 heavy (non-hydrogen) atoms. The summed E-state index contributed by atoms with van der Waals surface area (Å²) in [6.45, 7) is -0.281. The number of ether oxygens (including phenoxy) is 1. The summed E-state index contributed by atoms with van der Waals surface area (Å²) in [6.07, 6.45) is -5.14. The Morgan fingerprint density at radius 1 is 0.812 bits per heavy atom. The number of benzene rings is 5. The average Bonchev–Trinajstić information content (AvgIpc) is 3.76. The Balaban J connectivity index is 1.08. The van der Waals surface area contributed by atoms with Crippen molar-refractivity contribution in [3.63, 3.8) is 0 Å². The van der Waals surface area contributed by atoms with E-state index in [1.165, 1.54) is 28.5 Å². The number of hydrogen-bond donors (Lipinski definition) is 2. The molecular formula is C37H30F3N3O5. The van der Waals surface area contributed by atoms with E-state index in [9.17, 15) is 27.6 Å². The third-order valence-corrected chi connectivity index (χ3v) is 8.18. The van der Waals surface area contributed by atoms with Crippen LogP contribution in [0.1, 0.15) is 39.4 Å². The van der Waals surface area contributed by atoms with Crippen molar-refractivity contribution in [3.05, 3.63) is 144 Å². The lowest BCUT2D eigenvalue weighted by molar-refractivity contribution is -0.200. The number of halogens is 3. The number of anilines is 2. The van der Waals surface area contributed by atoms with Gasteiger partial charge in [-0.1, -0.05) is 84.9 Å². The molecule has 0 heterocycles. The fraction of sp³-hybridized carbons (Fsp3) is 0.162. The number of hydrogen-bond acceptors (Lipinski definition) is 6. The molecule has 244 valence electrons. The maximum atomic E-state index is 13.0. The van der Waals surface area contributed by atoms with E-state index in [0.29, 0.717) is 11.3 Å². The van der Waals surface area contributed by atoms with E-state index < -0.39 is 24.1 Å². The summed E-state index contributed by atoms with van der Waals surface area (Å²) in [5.41, 5.74) is 9.61. The summed E-state index contributed by atoms with van der Waals surface area (Å²) in [5, 5.41) is 5.22. The zero-order valence-corrected chi connectivity index (χ0v) is 25.4. The highest BCUT2D eigenvalue weighted by molar-refractivity contribution is 6.04. The second-order valence-corrected chi connectivity index (χ2v) is 11.7. The average molecular weight is 654 g/mol. The molecule has 2 amide bonds. The number of nitrogens with zero attached hydrogens (tertiary/aromatic N) is 1. The molecule has 0 spiro atoms. The van der Waals surface area contributed by atoms with Gasteiger partial charge in [-0.15, -0.1) is 5.06 Å². The van der Waals surface area contributed by atoms with E-state index >= 15 is 0 Å². The van der Waals surface area contributed by atoms with Crippen molar-refractivity contribution < 1.29 is 37.1 Å². The third-order valence-electron chi connectivity index (χ3n) is 8.18. The van der Waals surface area contributed by atoms with Crippen molar-refractivity contribution in [3.8, 4) is 0 Å². The molecule has 1 fully saturated rings. The Hall–Kier alpha value is -5.68. The van der Waals surface area contributed by atoms with Crippen LogP contribution >= 0.6 is 0 Å². The van der Waals surface area contributed by atoms with E-state index in [4.69, 9.17) is 10.5 Å². The first-order valence-corrected chi connectivity index (χ1v) is 15.1. The predicted molar refractivity (Wildman–Crippen MR) is 174 cm³/mol. The normalized spacial score (nSPS) is 17.0. The van der Waals surface area contributed by atoms with Crippen LogP contribution in [-0.4, -0.2) is 29.7 Å². The van der Waals surface area contributed by atoms with Crippen LogP contribution in [0.2, 0.25) is 0 Å². The number of carbonyl (C=O) groups excluding carboxylic acids is 3. The van der Waals surface area contributed by atoms with E-state index in [1.54, 1.807) is 42.5 Å². The van der Waals surface area contributed by atoms with Gasteiger partial charge < -0.3 is 20.6 Å². The van der Waals surface area contributed by atoms with Crippen LogP contribution in [0.4, 0.5) is 29.3 Å². The van der Waals surface area contributed by atoms with Gasteiger partial charge in [0, 0.05) is 22.7 Å². The molecule has 2 atom stereocenters. The van der Waals surface area contributed by atoms with Crippen LogP contribution in [0, 0.1) is 0 Å². The molecule has 11 heteroatoms. The van der Waals surface area contributed by atoms with Crippen LogP contribution < -0.4 is 16.1 Å². The molecule has 1 aliphatic rings. The Morgan fingerprint density at radius 3 is 2.17 bits per heavy atom. The largest absolute Gasteiger partial charge is 0.493 e. The molecule has 0 aromatic heterocycles. The van der Waals surface area contributed by atoms with Gasteiger partial charge in [0.1, 0.15) is 6.61 Å². The second kappa shape index (κ2) is 13.2. The number of nitrogens with one attached hydrogen (secondary N) is 1. The van der Waals surface area contributed by atoms with Gasteiger partial charge in [-0.2, -0.15) is 13.2 Å². The zero-order valence-electron chi connectivity index (χ0n) is 25.4. The van der Waals surface area contributed by atoms with Crippen LogP contribution in [0.5, 0.6) is 0 Å². The van der Waals surface area contributed by atoms with Gasteiger partial charge in [-0.05, 0) is 76.7 Å². The van der Waals surface area contributed by atoms with E-state index in [0.717, 1.165) is 30.5 Å². The quantitative estimate of drug-likeness (QED) is 0.166. The SMILES string of the molecule is NC1(Cc2ccc3ccccc3c2)CC1c1ccc(NC(=O)c2ccc(N(OC(=O)C(F)(F)F)C(=O)OCc3ccccc3)cc2)cc1. The molecule has 2 unspecified atom stereocenters. The van der Waals surface area contributed by atoms with E-state index in [-0.39, 0.29) is 34.4 Å². The van der Waals surface area contributed by atoms with Crippen molar-refractivity contribution in [2.45, 2.75) is 37.1 Å². The number of rotatable bonds is 8. The molecule has 0 radical (unpaired) electrons. The lowest BCUT2D eigenvalue weighted by Gasteiger charge is -2.21. The summed E-state index contributed by atoms with van der Waals surface area (Å²) >= 11 is 0. The van der Waals surface area contributed by atoms with Crippen LogP contribution in [0.25, 0.3) is 10.8 Å². The smallest absolute Gasteiger partial charge is 0.442 e. The highest BCUT2D eigenvalue weighted by atomic mass is 19.4. The number of carbonyl (C=O) groups is 3. The summed E-state index contributed by atoms with van der Waals surface area (Å²) in [5.74, 6) is -2.94. The molecule has 0 aliphatic heterocycles. The number of hydroxylamine groups is 1. The van der Waals surface area contributed by atoms with Crippen molar-refractivity contribution in [2.24, 2.45) is 5.73 Å². The predicted octanol–water partition coefficient (Wildman–Crippen LogP) is 7.68. The third kappa shape index (κ3) is 7.48. The summed E-state index contributed by atoms with van der Waals surface area (Å²) in [6, 6.07) is 35.3. The van der Waals surface area contributed by atoms with Crippen molar-refractivity contribution in [1.82, 2.24) is 0 Å². The van der Waals surface area contributed by atoms with Crippen LogP contribution in [0.3, 0.4) is 0 Å². The highest BCUT2D eigenvalue weighted by Crippen LogP contribution is 2.51. The van der Waals surface area contributed by atoms with Gasteiger partial charge in [-0.3, -0.25) is 4.79 Å². The van der Waals surface area contributed by atoms with Gasteiger partial charge in [0.15, 0.2) is 0 Å². The fourth-order valence-electron chi connectivity index (χ4n) is 5.55. The molecule has 3 N–H and O–H groups in total. The number of fused-ring (bicyclic) bond motifs is 1. The molecule has 0 bridgehead atoms. The topological polar surface area (TPSA) is 111 Å². The summed E-state index contributed by atoms with van der Waals surface area (Å²) in [7, 11) is 0. The maximum absolute atomic E-state index is 13.0. The Bertz CT molecular complexity index is 1950. The minimum absolute atomic E-state index is 0.0918. The van der Waals surface area contributed by atoms with Gasteiger partial charge in [0.05, 0.1) is 5.69 Å². The summed E-state index contributed by atoms with van der Waals surface area (Å²) < 4.78 is 43.9. The monoisotopic (exact) mass is 653 g/mol. The highest BCUT2D eigenvalue weighted by Gasteiger charge is 2.51. The first kappa shape index (κ1) is 32.3. The van der Waals surface area contributed by atoms with Crippen LogP contribution in [0.15, 0.2) is 121 Å². The Kier molecular flexibility index (Phi) is 8.88. The number of alkyl halides is 3. The van der Waals surface area contributed by atoms with Crippen molar-refractivity contribution >= 4 is 40.1 Å². The summed E-state index contributed by atoms with van der Waals surface area (Å²) in [4.78, 5) is 41.5. The van der Waals surface area contributed by atoms with Gasteiger partial charge in [0.2, 0.25) is 0 Å². The van der Waals surface area contributed by atoms with Crippen molar-refractivity contribution in [2.75, 3.05) is 10.4 Å². The Morgan fingerprint density at radius 2 is 1.48 bits per heavy atom. The van der Waals surface area contributed by atoms with E-state index in [1.807, 2.05) is 24.3 Å². The number of nitrogens with two attached hydrogens (primary N) is 1. The van der Waals surface area contributed by atoms with Gasteiger partial charge >= 0.3 is 18.2 Å². The molecule has 1 aliphatic carbocycles. The van der Waals surface area contributed by atoms with Gasteiger partial charge in [0.25, 0.3) is 5.91 Å². The standard InChI is InChI=1S/C37H30F3N3O5/c38-37(39,40)34(45)48-43(35(46)47-23-24-6-2-1-3-7-24)31-18-14-28(15-19-31)33(44)42-30-16-12-27(13-17-30)32-22-36(32,41)21-25-10-11-26-8-4-5-9-29(26)20-25/h1-20,32H,21-23,41H2,(H,42,44). The lowest BCUT2D eigenvalue weighted by atomic mass is 9.97. The Labute approximate surface area is 273 Å². The first-order valence-electron chi connectivity index (χ1n) is 15.1.